The molecule has 0 amide bonds. The largest absolute Gasteiger partial charge is 0.240 e. The maximum Gasteiger partial charge on any atom is 0.212 e. The highest BCUT2D eigenvalue weighted by Gasteiger charge is 2.37. The average molecular weight is 345 g/mol. The normalized spacial score (nSPS) is 17.4. The fourth-order valence-corrected chi connectivity index (χ4v) is 4.49. The summed E-state index contributed by atoms with van der Waals surface area (Å²) in [6.07, 6.45) is 3.71. The molecule has 1 fully saturated rings. The lowest BCUT2D eigenvalue weighted by Gasteiger charge is -2.19. The molecule has 1 aromatic heterocycles. The van der Waals surface area contributed by atoms with Gasteiger partial charge in [-0.25, -0.2) is 23.1 Å². The molecule has 2 aromatic rings. The number of hydrogen-bond donors (Lipinski definition) is 1. The van der Waals surface area contributed by atoms with E-state index in [4.69, 9.17) is 0 Å². The lowest BCUT2D eigenvalue weighted by Crippen LogP contribution is -2.34. The summed E-state index contributed by atoms with van der Waals surface area (Å²) in [7, 11) is -3.42. The summed E-state index contributed by atoms with van der Waals surface area (Å²) >= 11 is 0. The van der Waals surface area contributed by atoms with Crippen molar-refractivity contribution in [2.75, 3.05) is 5.75 Å². The summed E-state index contributed by atoms with van der Waals surface area (Å²) in [5, 5.41) is 0. The van der Waals surface area contributed by atoms with Gasteiger partial charge in [0.2, 0.25) is 10.0 Å². The summed E-state index contributed by atoms with van der Waals surface area (Å²) in [6, 6.07) is 11.2. The first-order valence-electron chi connectivity index (χ1n) is 8.29. The predicted octanol–water partition coefficient (Wildman–Crippen LogP) is 2.96. The van der Waals surface area contributed by atoms with Crippen molar-refractivity contribution in [3.63, 3.8) is 0 Å². The van der Waals surface area contributed by atoms with E-state index in [9.17, 15) is 8.42 Å². The van der Waals surface area contributed by atoms with Crippen molar-refractivity contribution in [2.24, 2.45) is 5.92 Å². The van der Waals surface area contributed by atoms with E-state index >= 15 is 0 Å². The van der Waals surface area contributed by atoms with Gasteiger partial charge in [0.05, 0.1) is 11.8 Å². The molecular formula is C18H23N3O2S. The van der Waals surface area contributed by atoms with E-state index in [1.807, 2.05) is 50.2 Å². The topological polar surface area (TPSA) is 72.0 Å². The zero-order chi connectivity index (χ0) is 17.2. The number of nitrogens with one attached hydrogen (secondary N) is 1. The molecule has 1 saturated carbocycles. The van der Waals surface area contributed by atoms with Crippen LogP contribution < -0.4 is 4.72 Å². The fraction of sp³-hybridized carbons (Fsp3) is 0.444. The number of sulfonamides is 1. The second-order valence-corrected chi connectivity index (χ2v) is 8.38. The number of rotatable bonds is 7. The molecule has 2 unspecified atom stereocenters. The van der Waals surface area contributed by atoms with Crippen LogP contribution >= 0.6 is 0 Å². The number of hydrogen-bond acceptors (Lipinski definition) is 4. The van der Waals surface area contributed by atoms with E-state index in [1.165, 1.54) is 0 Å². The van der Waals surface area contributed by atoms with Crippen LogP contribution in [-0.2, 0) is 10.0 Å². The van der Waals surface area contributed by atoms with E-state index in [0.717, 1.165) is 24.1 Å². The minimum atomic E-state index is -3.42. The second kappa shape index (κ2) is 6.99. The molecule has 2 atom stereocenters. The van der Waals surface area contributed by atoms with Crippen LogP contribution in [0.15, 0.2) is 42.6 Å². The van der Waals surface area contributed by atoms with Gasteiger partial charge in [-0.05, 0) is 43.2 Å². The Hall–Kier alpha value is -1.79. The third-order valence-electron chi connectivity index (χ3n) is 4.33. The molecule has 0 spiro atoms. The molecule has 1 aliphatic rings. The Bertz CT molecular complexity index is 789. The lowest BCUT2D eigenvalue weighted by molar-refractivity contribution is 0.507. The smallest absolute Gasteiger partial charge is 0.212 e. The molecule has 0 bridgehead atoms. The summed E-state index contributed by atoms with van der Waals surface area (Å²) in [6.45, 7) is 3.82. The second-order valence-electron chi connectivity index (χ2n) is 6.58. The van der Waals surface area contributed by atoms with Gasteiger partial charge in [-0.1, -0.05) is 37.3 Å². The minimum Gasteiger partial charge on any atom is -0.240 e. The maximum atomic E-state index is 12.6. The van der Waals surface area contributed by atoms with Crippen LogP contribution in [0.1, 0.15) is 48.8 Å². The van der Waals surface area contributed by atoms with Gasteiger partial charge in [0.1, 0.15) is 5.82 Å². The molecule has 3 rings (SSSR count). The summed E-state index contributed by atoms with van der Waals surface area (Å²) in [5.74, 6) is 0.871. The fourth-order valence-electron chi connectivity index (χ4n) is 2.86. The monoisotopic (exact) mass is 345 g/mol. The molecule has 1 aliphatic carbocycles. The standard InChI is InChI=1S/C18H23N3O2S/c1-13(15-6-4-3-5-7-15)12-24(22,23)21-17(16-8-9-16)18-19-11-10-14(2)20-18/h3-7,10-11,13,16-17,21H,8-9,12H2,1-2H3. The van der Waals surface area contributed by atoms with Crippen molar-refractivity contribution in [3.05, 3.63) is 59.7 Å². The maximum absolute atomic E-state index is 12.6. The van der Waals surface area contributed by atoms with Crippen LogP contribution in [0.3, 0.4) is 0 Å². The zero-order valence-electron chi connectivity index (χ0n) is 14.0. The van der Waals surface area contributed by atoms with E-state index < -0.39 is 10.0 Å². The Labute approximate surface area is 143 Å². The molecular weight excluding hydrogens is 322 g/mol. The minimum absolute atomic E-state index is 0.0616. The van der Waals surface area contributed by atoms with Gasteiger partial charge in [-0.2, -0.15) is 0 Å². The van der Waals surface area contributed by atoms with Gasteiger partial charge in [0.25, 0.3) is 0 Å². The van der Waals surface area contributed by atoms with Crippen LogP contribution in [0.5, 0.6) is 0 Å². The highest BCUT2D eigenvalue weighted by Crippen LogP contribution is 2.40. The molecule has 1 aromatic carbocycles. The van der Waals surface area contributed by atoms with Gasteiger partial charge in [0.15, 0.2) is 0 Å². The van der Waals surface area contributed by atoms with Crippen molar-refractivity contribution in [1.29, 1.82) is 0 Å². The van der Waals surface area contributed by atoms with Crippen LogP contribution in [-0.4, -0.2) is 24.1 Å². The SMILES string of the molecule is Cc1ccnc(C(NS(=O)(=O)CC(C)c2ccccc2)C2CC2)n1. The van der Waals surface area contributed by atoms with Crippen LogP contribution in [0, 0.1) is 12.8 Å². The number of nitrogens with zero attached hydrogens (tertiary/aromatic N) is 2. The zero-order valence-corrected chi connectivity index (χ0v) is 14.8. The Morgan fingerprint density at radius 3 is 2.54 bits per heavy atom. The Kier molecular flexibility index (Phi) is 4.96. The predicted molar refractivity (Wildman–Crippen MR) is 94.0 cm³/mol. The van der Waals surface area contributed by atoms with E-state index in [2.05, 4.69) is 14.7 Å². The number of benzene rings is 1. The van der Waals surface area contributed by atoms with E-state index in [1.54, 1.807) is 6.20 Å². The molecule has 5 nitrogen and oxygen atoms in total. The summed E-state index contributed by atoms with van der Waals surface area (Å²) in [5.41, 5.74) is 1.88. The summed E-state index contributed by atoms with van der Waals surface area (Å²) in [4.78, 5) is 8.70. The van der Waals surface area contributed by atoms with Crippen molar-refractivity contribution >= 4 is 10.0 Å². The first-order valence-corrected chi connectivity index (χ1v) is 9.94. The van der Waals surface area contributed by atoms with Gasteiger partial charge in [-0.15, -0.1) is 0 Å². The van der Waals surface area contributed by atoms with Gasteiger partial charge in [-0.3, -0.25) is 0 Å². The van der Waals surface area contributed by atoms with Gasteiger partial charge < -0.3 is 0 Å². The molecule has 1 N–H and O–H groups in total. The Morgan fingerprint density at radius 2 is 1.92 bits per heavy atom. The third-order valence-corrected chi connectivity index (χ3v) is 5.88. The average Bonchev–Trinajstić information content (AvgIpc) is 3.38. The number of aryl methyl sites for hydroxylation is 1. The molecule has 128 valence electrons. The van der Waals surface area contributed by atoms with Crippen molar-refractivity contribution in [1.82, 2.24) is 14.7 Å². The Morgan fingerprint density at radius 1 is 1.21 bits per heavy atom. The van der Waals surface area contributed by atoms with Crippen molar-refractivity contribution in [2.45, 2.75) is 38.6 Å². The molecule has 0 radical (unpaired) electrons. The van der Waals surface area contributed by atoms with Crippen LogP contribution in [0.4, 0.5) is 0 Å². The molecule has 6 heteroatoms. The third kappa shape index (κ3) is 4.39. The molecule has 1 heterocycles. The molecule has 0 saturated heterocycles. The van der Waals surface area contributed by atoms with Crippen LogP contribution in [0.25, 0.3) is 0 Å². The lowest BCUT2D eigenvalue weighted by atomic mass is 10.0. The van der Waals surface area contributed by atoms with Gasteiger partial charge >= 0.3 is 0 Å². The van der Waals surface area contributed by atoms with E-state index in [-0.39, 0.29) is 17.7 Å². The highest BCUT2D eigenvalue weighted by molar-refractivity contribution is 7.89. The van der Waals surface area contributed by atoms with Gasteiger partial charge in [0, 0.05) is 11.9 Å². The quantitative estimate of drug-likeness (QED) is 0.837. The first-order chi connectivity index (χ1) is 11.4. The van der Waals surface area contributed by atoms with Crippen molar-refractivity contribution < 1.29 is 8.42 Å². The van der Waals surface area contributed by atoms with Crippen LogP contribution in [0.2, 0.25) is 0 Å². The first kappa shape index (κ1) is 17.0. The molecule has 24 heavy (non-hydrogen) atoms. The summed E-state index contributed by atoms with van der Waals surface area (Å²) < 4.78 is 28.1. The van der Waals surface area contributed by atoms with E-state index in [0.29, 0.717) is 11.7 Å². The number of aromatic nitrogens is 2. The Balaban J connectivity index is 1.74. The van der Waals surface area contributed by atoms with Crippen molar-refractivity contribution in [3.8, 4) is 0 Å². The highest BCUT2D eigenvalue weighted by atomic mass is 32.2. The molecule has 0 aliphatic heterocycles.